The molecule has 0 aromatic heterocycles. The lowest BCUT2D eigenvalue weighted by molar-refractivity contribution is -0.234. The lowest BCUT2D eigenvalue weighted by atomic mass is 9.36. The molecular weight excluding hydrogens is 548 g/mol. The molecule has 4 aliphatic carbocycles. The fraction of sp³-hybridized carbons (Fsp3) is 0.806. The molecule has 0 bridgehead atoms. The zero-order valence-electron chi connectivity index (χ0n) is 24.1. The van der Waals surface area contributed by atoms with Crippen LogP contribution in [0.5, 0.6) is 0 Å². The number of aliphatic hydroxyl groups is 2. The maximum Gasteiger partial charge on any atom is 0.331 e. The molecule has 0 aliphatic heterocycles. The summed E-state index contributed by atoms with van der Waals surface area (Å²) in [5, 5.41) is 33.0. The Balaban J connectivity index is 1.83. The van der Waals surface area contributed by atoms with Gasteiger partial charge in [-0.25, -0.2) is 4.79 Å². The van der Waals surface area contributed by atoms with Crippen LogP contribution in [0, 0.1) is 39.9 Å². The normalized spacial score (nSPS) is 45.4. The van der Waals surface area contributed by atoms with Crippen molar-refractivity contribution in [1.82, 2.24) is 0 Å². The summed E-state index contributed by atoms with van der Waals surface area (Å²) in [4.78, 5) is 25.0. The number of halogens is 1. The summed E-state index contributed by atoms with van der Waals surface area (Å²) >= 11 is 3.60. The van der Waals surface area contributed by atoms with Crippen molar-refractivity contribution in [3.8, 4) is 0 Å². The molecule has 0 heterocycles. The van der Waals surface area contributed by atoms with Crippen molar-refractivity contribution in [2.75, 3.05) is 0 Å². The lowest BCUT2D eigenvalue weighted by Gasteiger charge is -2.69. The maximum absolute atomic E-state index is 12.7. The van der Waals surface area contributed by atoms with E-state index in [0.29, 0.717) is 42.7 Å². The van der Waals surface area contributed by atoms with Gasteiger partial charge in [-0.05, 0) is 115 Å². The Morgan fingerprint density at radius 1 is 1.00 bits per heavy atom. The van der Waals surface area contributed by atoms with E-state index in [-0.39, 0.29) is 40.1 Å². The van der Waals surface area contributed by atoms with Crippen LogP contribution in [-0.4, -0.2) is 45.6 Å². The molecule has 0 aromatic carbocycles. The number of aliphatic hydroxyl groups excluding tert-OH is 2. The van der Waals surface area contributed by atoms with Crippen LogP contribution in [0.1, 0.15) is 99.8 Å². The molecule has 0 aromatic rings. The van der Waals surface area contributed by atoms with Gasteiger partial charge >= 0.3 is 11.9 Å². The highest BCUT2D eigenvalue weighted by Crippen LogP contribution is 2.74. The van der Waals surface area contributed by atoms with Gasteiger partial charge in [0.2, 0.25) is 0 Å². The first kappa shape index (κ1) is 29.8. The van der Waals surface area contributed by atoms with E-state index in [1.54, 1.807) is 0 Å². The molecule has 0 amide bonds. The Bertz CT molecular complexity index is 1040. The molecule has 38 heavy (non-hydrogen) atoms. The molecule has 0 unspecified atom stereocenters. The van der Waals surface area contributed by atoms with Gasteiger partial charge in [-0.3, -0.25) is 4.79 Å². The van der Waals surface area contributed by atoms with Crippen molar-refractivity contribution in [2.45, 2.75) is 118 Å². The Kier molecular flexibility index (Phi) is 8.10. The number of ether oxygens (including phenoxy) is 1. The van der Waals surface area contributed by atoms with Crippen molar-refractivity contribution in [3.05, 3.63) is 21.2 Å². The van der Waals surface area contributed by atoms with Crippen molar-refractivity contribution in [3.63, 3.8) is 0 Å². The minimum atomic E-state index is -0.969. The molecule has 6 nitrogen and oxygen atoms in total. The largest absolute Gasteiger partial charge is 0.478 e. The van der Waals surface area contributed by atoms with E-state index in [2.05, 4.69) is 43.6 Å². The first-order chi connectivity index (χ1) is 17.6. The average molecular weight is 596 g/mol. The van der Waals surface area contributed by atoms with Crippen LogP contribution in [0.3, 0.4) is 0 Å². The smallest absolute Gasteiger partial charge is 0.331 e. The van der Waals surface area contributed by atoms with Gasteiger partial charge in [0.15, 0.2) is 0 Å². The second-order valence-corrected chi connectivity index (χ2v) is 14.7. The minimum Gasteiger partial charge on any atom is -0.478 e. The molecule has 10 atom stereocenters. The summed E-state index contributed by atoms with van der Waals surface area (Å²) in [6, 6.07) is 0. The number of carboxylic acid groups (broad SMARTS) is 1. The van der Waals surface area contributed by atoms with Gasteiger partial charge in [0, 0.05) is 12.5 Å². The van der Waals surface area contributed by atoms with E-state index in [1.165, 1.54) is 6.92 Å². The number of carbonyl (C=O) groups is 2. The Labute approximate surface area is 236 Å². The molecule has 3 N–H and O–H groups in total. The topological polar surface area (TPSA) is 104 Å². The predicted molar refractivity (Wildman–Crippen MR) is 150 cm³/mol. The van der Waals surface area contributed by atoms with E-state index in [1.807, 2.05) is 13.8 Å². The zero-order chi connectivity index (χ0) is 28.4. The second kappa shape index (κ2) is 10.3. The number of aliphatic carboxylic acids is 1. The third-order valence-electron chi connectivity index (χ3n) is 11.8. The fourth-order valence-corrected chi connectivity index (χ4v) is 9.97. The van der Waals surface area contributed by atoms with E-state index in [9.17, 15) is 24.9 Å². The molecule has 4 rings (SSSR count). The van der Waals surface area contributed by atoms with Crippen molar-refractivity contribution in [2.24, 2.45) is 39.9 Å². The molecule has 0 saturated heterocycles. The molecule has 0 spiro atoms. The van der Waals surface area contributed by atoms with E-state index < -0.39 is 24.1 Å². The van der Waals surface area contributed by atoms with Gasteiger partial charge in [0.05, 0.1) is 12.2 Å². The van der Waals surface area contributed by atoms with Gasteiger partial charge < -0.3 is 20.1 Å². The quantitative estimate of drug-likeness (QED) is 0.252. The van der Waals surface area contributed by atoms with Crippen molar-refractivity contribution < 1.29 is 29.6 Å². The van der Waals surface area contributed by atoms with Crippen molar-refractivity contribution >= 4 is 27.9 Å². The summed E-state index contributed by atoms with van der Waals surface area (Å²) in [7, 11) is 0. The standard InChI is InChI=1S/C31H47BrO6/c1-16(2)22(32)9-8-19(28(36)37)26-21-14-24(35)27-29(5)12-11-23(34)17(3)20(29)10-13-30(27,6)31(21,7)15-25(26)38-18(4)33/h17,20-21,23-25,27,34-35H,8-15H2,1-7H3,(H,36,37)/b26-19-/t17-,20-,21-,23+,24+,25-,27-,29-,30-,31-/m0/s1. The number of allylic oxidation sites excluding steroid dienone is 2. The lowest BCUT2D eigenvalue weighted by Crippen LogP contribution is -2.65. The fourth-order valence-electron chi connectivity index (χ4n) is 9.77. The third kappa shape index (κ3) is 4.52. The SMILES string of the molecule is CC(=O)O[C@H]1C[C@@]2(C)[C@@H](C[C@@H](O)[C@H]3[C@@]4(C)CC[C@@H](O)[C@@H](C)[C@@H]4CC[C@@]32C)/C1=C(\CCC(Br)=C(C)C)C(=O)O. The monoisotopic (exact) mass is 594 g/mol. The predicted octanol–water partition coefficient (Wildman–Crippen LogP) is 6.39. The van der Waals surface area contributed by atoms with Gasteiger partial charge in [-0.2, -0.15) is 0 Å². The molecule has 4 saturated carbocycles. The maximum atomic E-state index is 12.7. The summed E-state index contributed by atoms with van der Waals surface area (Å²) in [5.74, 6) is -0.977. The molecule has 7 heteroatoms. The summed E-state index contributed by atoms with van der Waals surface area (Å²) < 4.78 is 6.87. The van der Waals surface area contributed by atoms with Gasteiger partial charge in [0.1, 0.15) is 6.10 Å². The highest BCUT2D eigenvalue weighted by Gasteiger charge is 2.70. The Morgan fingerprint density at radius 2 is 1.66 bits per heavy atom. The van der Waals surface area contributed by atoms with E-state index in [4.69, 9.17) is 4.74 Å². The Morgan fingerprint density at radius 3 is 2.24 bits per heavy atom. The summed E-state index contributed by atoms with van der Waals surface area (Å²) in [6.45, 7) is 14.4. The van der Waals surface area contributed by atoms with Crippen molar-refractivity contribution in [1.29, 1.82) is 0 Å². The Hall–Kier alpha value is -1.18. The highest BCUT2D eigenvalue weighted by molar-refractivity contribution is 9.11. The first-order valence-corrected chi connectivity index (χ1v) is 15.2. The molecule has 214 valence electrons. The first-order valence-electron chi connectivity index (χ1n) is 14.4. The summed E-state index contributed by atoms with van der Waals surface area (Å²) in [5.41, 5.74) is 1.45. The van der Waals surface area contributed by atoms with E-state index >= 15 is 0 Å². The number of hydrogen-bond donors (Lipinski definition) is 3. The van der Waals surface area contributed by atoms with Crippen LogP contribution < -0.4 is 0 Å². The number of fused-ring (bicyclic) bond motifs is 5. The number of carbonyl (C=O) groups excluding carboxylic acids is 1. The van der Waals surface area contributed by atoms with Gasteiger partial charge in [-0.1, -0.05) is 49.2 Å². The number of carboxylic acids is 1. The van der Waals surface area contributed by atoms with Gasteiger partial charge in [-0.15, -0.1) is 0 Å². The minimum absolute atomic E-state index is 0.0374. The number of esters is 1. The van der Waals surface area contributed by atoms with E-state index in [0.717, 1.165) is 35.7 Å². The van der Waals surface area contributed by atoms with Crippen LogP contribution in [0.4, 0.5) is 0 Å². The molecule has 0 radical (unpaired) electrons. The van der Waals surface area contributed by atoms with Crippen LogP contribution in [0.2, 0.25) is 0 Å². The zero-order valence-corrected chi connectivity index (χ0v) is 25.7. The van der Waals surface area contributed by atoms with Gasteiger partial charge in [0.25, 0.3) is 0 Å². The molecule has 4 aliphatic rings. The van der Waals surface area contributed by atoms with Crippen LogP contribution >= 0.6 is 15.9 Å². The number of hydrogen-bond acceptors (Lipinski definition) is 5. The highest BCUT2D eigenvalue weighted by atomic mass is 79.9. The third-order valence-corrected chi connectivity index (χ3v) is 12.9. The van der Waals surface area contributed by atoms with Crippen LogP contribution in [0.15, 0.2) is 21.2 Å². The second-order valence-electron chi connectivity index (χ2n) is 13.7. The average Bonchev–Trinajstić information content (AvgIpc) is 3.08. The molecule has 4 fully saturated rings. The van der Waals surface area contributed by atoms with Crippen LogP contribution in [0.25, 0.3) is 0 Å². The number of rotatable bonds is 5. The van der Waals surface area contributed by atoms with Crippen LogP contribution in [-0.2, 0) is 14.3 Å². The molecular formula is C31H47BrO6. The summed E-state index contributed by atoms with van der Waals surface area (Å²) in [6.07, 6.45) is 3.99.